The maximum atomic E-state index is 12.6. The number of amides is 2. The van der Waals surface area contributed by atoms with Crippen LogP contribution in [0.15, 0.2) is 78.0 Å². The summed E-state index contributed by atoms with van der Waals surface area (Å²) in [7, 11) is 0. The first-order valence-corrected chi connectivity index (χ1v) is 11.2. The van der Waals surface area contributed by atoms with Crippen LogP contribution in [0.2, 0.25) is 0 Å². The van der Waals surface area contributed by atoms with Crippen LogP contribution in [0.3, 0.4) is 0 Å². The van der Waals surface area contributed by atoms with Crippen LogP contribution < -0.4 is 10.6 Å². The molecule has 1 heterocycles. The molecule has 0 spiro atoms. The minimum Gasteiger partial charge on any atom is -0.325 e. The van der Waals surface area contributed by atoms with Crippen molar-refractivity contribution in [3.05, 3.63) is 89.5 Å². The van der Waals surface area contributed by atoms with E-state index in [2.05, 4.69) is 26.2 Å². The van der Waals surface area contributed by atoms with Crippen LogP contribution in [0.25, 0.3) is 5.69 Å². The fraction of sp³-hybridized carbons (Fsp3) is 0.125. The topological polar surface area (TPSA) is 102 Å². The summed E-state index contributed by atoms with van der Waals surface area (Å²) in [6.07, 6.45) is 0. The highest BCUT2D eigenvalue weighted by Gasteiger charge is 2.14. The predicted molar refractivity (Wildman–Crippen MR) is 129 cm³/mol. The van der Waals surface area contributed by atoms with E-state index in [0.29, 0.717) is 22.1 Å². The molecule has 9 heteroatoms. The molecule has 166 valence electrons. The van der Waals surface area contributed by atoms with Crippen LogP contribution in [-0.4, -0.2) is 37.8 Å². The van der Waals surface area contributed by atoms with Gasteiger partial charge in [-0.15, -0.1) is 5.10 Å². The van der Waals surface area contributed by atoms with Crippen LogP contribution in [0.4, 0.5) is 11.4 Å². The summed E-state index contributed by atoms with van der Waals surface area (Å²) < 4.78 is 1.62. The first-order valence-electron chi connectivity index (χ1n) is 10.3. The standard InChI is InChI=1S/C24H22N6O2S/c1-16-12-13-19(14-20(16)26-23(32)18-9-4-3-5-10-18)25-22(31)15-33-24-27-28-29-30(24)21-11-7-6-8-17(21)2/h3-14H,15H2,1-2H3,(H,25,31)(H,26,32). The van der Waals surface area contributed by atoms with Gasteiger partial charge in [0.25, 0.3) is 5.91 Å². The highest BCUT2D eigenvalue weighted by atomic mass is 32.2. The Labute approximate surface area is 195 Å². The van der Waals surface area contributed by atoms with Gasteiger partial charge in [-0.2, -0.15) is 4.68 Å². The van der Waals surface area contributed by atoms with E-state index < -0.39 is 0 Å². The van der Waals surface area contributed by atoms with Crippen molar-refractivity contribution in [3.63, 3.8) is 0 Å². The van der Waals surface area contributed by atoms with Gasteiger partial charge in [0.1, 0.15) is 0 Å². The number of benzene rings is 3. The van der Waals surface area contributed by atoms with E-state index >= 15 is 0 Å². The predicted octanol–water partition coefficient (Wildman–Crippen LogP) is 4.26. The van der Waals surface area contributed by atoms with Gasteiger partial charge in [0, 0.05) is 16.9 Å². The van der Waals surface area contributed by atoms with Crippen molar-refractivity contribution in [3.8, 4) is 5.69 Å². The lowest BCUT2D eigenvalue weighted by Crippen LogP contribution is -2.16. The third-order valence-electron chi connectivity index (χ3n) is 4.92. The fourth-order valence-corrected chi connectivity index (χ4v) is 3.85. The van der Waals surface area contributed by atoms with Gasteiger partial charge in [-0.25, -0.2) is 0 Å². The molecular formula is C24H22N6O2S. The molecule has 0 fully saturated rings. The van der Waals surface area contributed by atoms with Crippen molar-refractivity contribution in [2.45, 2.75) is 19.0 Å². The van der Waals surface area contributed by atoms with E-state index in [-0.39, 0.29) is 17.6 Å². The molecule has 0 aliphatic heterocycles. The summed E-state index contributed by atoms with van der Waals surface area (Å²) in [5, 5.41) is 18.1. The van der Waals surface area contributed by atoms with Crippen LogP contribution in [-0.2, 0) is 4.79 Å². The highest BCUT2D eigenvalue weighted by molar-refractivity contribution is 7.99. The molecule has 0 atom stereocenters. The Morgan fingerprint density at radius 2 is 1.67 bits per heavy atom. The molecule has 2 amide bonds. The molecule has 4 aromatic rings. The molecule has 3 aromatic carbocycles. The zero-order valence-electron chi connectivity index (χ0n) is 18.1. The molecule has 2 N–H and O–H groups in total. The van der Waals surface area contributed by atoms with E-state index in [1.165, 1.54) is 11.8 Å². The molecule has 0 saturated heterocycles. The van der Waals surface area contributed by atoms with Crippen molar-refractivity contribution in [1.29, 1.82) is 0 Å². The van der Waals surface area contributed by atoms with Crippen LogP contribution >= 0.6 is 11.8 Å². The minimum absolute atomic E-state index is 0.131. The quantitative estimate of drug-likeness (QED) is 0.401. The van der Waals surface area contributed by atoms with Crippen molar-refractivity contribution in [2.24, 2.45) is 0 Å². The number of aryl methyl sites for hydroxylation is 2. The number of nitrogens with zero attached hydrogens (tertiary/aromatic N) is 4. The first kappa shape index (κ1) is 22.2. The van der Waals surface area contributed by atoms with Crippen molar-refractivity contribution >= 4 is 35.0 Å². The number of nitrogens with one attached hydrogen (secondary N) is 2. The van der Waals surface area contributed by atoms with E-state index in [9.17, 15) is 9.59 Å². The van der Waals surface area contributed by atoms with Gasteiger partial charge >= 0.3 is 0 Å². The zero-order valence-corrected chi connectivity index (χ0v) is 19.0. The molecule has 0 unspecified atom stereocenters. The Hall–Kier alpha value is -3.98. The van der Waals surface area contributed by atoms with Gasteiger partial charge in [-0.1, -0.05) is 54.2 Å². The largest absolute Gasteiger partial charge is 0.325 e. The number of carbonyl (C=O) groups excluding carboxylic acids is 2. The molecule has 0 bridgehead atoms. The third-order valence-corrected chi connectivity index (χ3v) is 5.84. The number of anilines is 2. The summed E-state index contributed by atoms with van der Waals surface area (Å²) in [6, 6.07) is 22.1. The van der Waals surface area contributed by atoms with Crippen LogP contribution in [0.1, 0.15) is 21.5 Å². The second-order valence-corrected chi connectivity index (χ2v) is 8.29. The van der Waals surface area contributed by atoms with E-state index in [1.54, 1.807) is 28.9 Å². The Morgan fingerprint density at radius 1 is 0.909 bits per heavy atom. The van der Waals surface area contributed by atoms with Gasteiger partial charge in [-0.05, 0) is 65.7 Å². The van der Waals surface area contributed by atoms with Crippen LogP contribution in [0.5, 0.6) is 0 Å². The molecule has 4 rings (SSSR count). The Bertz CT molecular complexity index is 1290. The number of tetrazole rings is 1. The van der Waals surface area contributed by atoms with Gasteiger partial charge < -0.3 is 10.6 Å². The molecule has 33 heavy (non-hydrogen) atoms. The Kier molecular flexibility index (Phi) is 6.80. The number of hydrogen-bond acceptors (Lipinski definition) is 6. The molecule has 1 aromatic heterocycles. The number of aromatic nitrogens is 4. The monoisotopic (exact) mass is 458 g/mol. The summed E-state index contributed by atoms with van der Waals surface area (Å²) in [6.45, 7) is 3.87. The minimum atomic E-state index is -0.208. The third kappa shape index (κ3) is 5.45. The maximum absolute atomic E-state index is 12.6. The summed E-state index contributed by atoms with van der Waals surface area (Å²) in [5.41, 5.74) is 4.58. The molecular weight excluding hydrogens is 436 g/mol. The summed E-state index contributed by atoms with van der Waals surface area (Å²) in [4.78, 5) is 25.0. The lowest BCUT2D eigenvalue weighted by molar-refractivity contribution is -0.113. The number of para-hydroxylation sites is 1. The summed E-state index contributed by atoms with van der Waals surface area (Å²) >= 11 is 1.24. The smallest absolute Gasteiger partial charge is 0.255 e. The number of hydrogen-bond donors (Lipinski definition) is 2. The fourth-order valence-electron chi connectivity index (χ4n) is 3.17. The van der Waals surface area contributed by atoms with E-state index in [1.807, 2.05) is 62.4 Å². The number of thioether (sulfide) groups is 1. The van der Waals surface area contributed by atoms with Gasteiger partial charge in [0.2, 0.25) is 11.1 Å². The maximum Gasteiger partial charge on any atom is 0.255 e. The normalized spacial score (nSPS) is 10.6. The lowest BCUT2D eigenvalue weighted by Gasteiger charge is -2.12. The Balaban J connectivity index is 1.40. The SMILES string of the molecule is Cc1ccc(NC(=O)CSc2nnnn2-c2ccccc2C)cc1NC(=O)c1ccccc1. The average molecular weight is 459 g/mol. The van der Waals surface area contributed by atoms with Crippen molar-refractivity contribution in [1.82, 2.24) is 20.2 Å². The highest BCUT2D eigenvalue weighted by Crippen LogP contribution is 2.23. The molecule has 0 saturated carbocycles. The lowest BCUT2D eigenvalue weighted by atomic mass is 10.1. The van der Waals surface area contributed by atoms with Crippen molar-refractivity contribution < 1.29 is 9.59 Å². The molecule has 0 aliphatic carbocycles. The van der Waals surface area contributed by atoms with Crippen molar-refractivity contribution in [2.75, 3.05) is 16.4 Å². The molecule has 0 aliphatic rings. The first-order chi connectivity index (χ1) is 16.0. The van der Waals surface area contributed by atoms with Gasteiger partial charge in [0.15, 0.2) is 0 Å². The Morgan fingerprint density at radius 3 is 2.45 bits per heavy atom. The van der Waals surface area contributed by atoms with E-state index in [0.717, 1.165) is 16.8 Å². The average Bonchev–Trinajstić information content (AvgIpc) is 3.29. The molecule has 0 radical (unpaired) electrons. The number of carbonyl (C=O) groups is 2. The summed E-state index contributed by atoms with van der Waals surface area (Å²) in [5.74, 6) is -0.282. The second kappa shape index (κ2) is 10.1. The number of rotatable bonds is 7. The van der Waals surface area contributed by atoms with Gasteiger partial charge in [0.05, 0.1) is 11.4 Å². The van der Waals surface area contributed by atoms with Gasteiger partial charge in [-0.3, -0.25) is 9.59 Å². The zero-order chi connectivity index (χ0) is 23.2. The van der Waals surface area contributed by atoms with Crippen LogP contribution in [0, 0.1) is 13.8 Å². The van der Waals surface area contributed by atoms with E-state index in [4.69, 9.17) is 0 Å². The second-order valence-electron chi connectivity index (χ2n) is 7.35. The molecule has 8 nitrogen and oxygen atoms in total.